The van der Waals surface area contributed by atoms with E-state index >= 15 is 0 Å². The Morgan fingerprint density at radius 3 is 2.72 bits per heavy atom. The summed E-state index contributed by atoms with van der Waals surface area (Å²) in [5.74, 6) is 0.879. The number of hydrogen-bond acceptors (Lipinski definition) is 5. The van der Waals surface area contributed by atoms with Crippen molar-refractivity contribution in [3.8, 4) is 5.75 Å². The molecule has 0 fully saturated rings. The zero-order valence-corrected chi connectivity index (χ0v) is 15.6. The lowest BCUT2D eigenvalue weighted by Gasteiger charge is -2.18. The number of ketones is 1. The summed E-state index contributed by atoms with van der Waals surface area (Å²) in [4.78, 5) is 28.8. The Morgan fingerprint density at radius 1 is 1.28 bits per heavy atom. The van der Waals surface area contributed by atoms with Crippen molar-refractivity contribution in [2.75, 3.05) is 7.11 Å². The summed E-state index contributed by atoms with van der Waals surface area (Å²) < 4.78 is 5.12. The Labute approximate surface area is 152 Å². The molecule has 25 heavy (non-hydrogen) atoms. The van der Waals surface area contributed by atoms with E-state index in [1.54, 1.807) is 37.6 Å². The number of nitrogens with zero attached hydrogens (tertiary/aromatic N) is 1. The first-order valence-electron chi connectivity index (χ1n) is 8.35. The molecule has 0 saturated carbocycles. The van der Waals surface area contributed by atoms with Gasteiger partial charge in [0.05, 0.1) is 13.2 Å². The zero-order chi connectivity index (χ0) is 18.2. The van der Waals surface area contributed by atoms with Crippen LogP contribution in [0.5, 0.6) is 5.75 Å². The third-order valence-corrected chi connectivity index (χ3v) is 4.65. The standard InChI is InChI=1S/C19H24N2O3S/c1-13(2)11-16(19-20-9-10-25-19)21-18(23)8-7-17(22)14-5-4-6-15(12-14)24-3/h4-6,9-10,12-13,16H,7-8,11H2,1-3H3,(H,21,23). The van der Waals surface area contributed by atoms with Crippen LogP contribution in [0.2, 0.25) is 0 Å². The highest BCUT2D eigenvalue weighted by Gasteiger charge is 2.19. The molecule has 1 aromatic carbocycles. The van der Waals surface area contributed by atoms with Crippen molar-refractivity contribution in [3.05, 3.63) is 46.4 Å². The Bertz CT molecular complexity index is 698. The number of methoxy groups -OCH3 is 1. The predicted molar refractivity (Wildman–Crippen MR) is 99.0 cm³/mol. The fourth-order valence-corrected chi connectivity index (χ4v) is 3.24. The van der Waals surface area contributed by atoms with Crippen molar-refractivity contribution in [3.63, 3.8) is 0 Å². The molecule has 2 aromatic rings. The Balaban J connectivity index is 1.91. The van der Waals surface area contributed by atoms with Gasteiger partial charge in [0.1, 0.15) is 10.8 Å². The Hall–Kier alpha value is -2.21. The molecule has 1 amide bonds. The second-order valence-corrected chi connectivity index (χ2v) is 7.20. The number of nitrogens with one attached hydrogen (secondary N) is 1. The van der Waals surface area contributed by atoms with Crippen molar-refractivity contribution < 1.29 is 14.3 Å². The molecule has 1 unspecified atom stereocenters. The molecule has 134 valence electrons. The number of benzene rings is 1. The minimum atomic E-state index is -0.128. The fourth-order valence-electron chi connectivity index (χ4n) is 2.53. The highest BCUT2D eigenvalue weighted by Crippen LogP contribution is 2.23. The molecule has 6 heteroatoms. The minimum absolute atomic E-state index is 0.0660. The molecule has 0 aliphatic heterocycles. The fraction of sp³-hybridized carbons (Fsp3) is 0.421. The molecule has 0 bridgehead atoms. The van der Waals surface area contributed by atoms with Crippen molar-refractivity contribution in [1.82, 2.24) is 10.3 Å². The average molecular weight is 360 g/mol. The van der Waals surface area contributed by atoms with Crippen LogP contribution >= 0.6 is 11.3 Å². The lowest BCUT2D eigenvalue weighted by molar-refractivity contribution is -0.121. The van der Waals surface area contributed by atoms with Gasteiger partial charge < -0.3 is 10.1 Å². The molecule has 0 saturated heterocycles. The van der Waals surface area contributed by atoms with Gasteiger partial charge in [-0.25, -0.2) is 4.98 Å². The molecule has 0 aliphatic rings. The molecular formula is C19H24N2O3S. The number of amides is 1. The van der Waals surface area contributed by atoms with Crippen LogP contribution in [0.4, 0.5) is 0 Å². The highest BCUT2D eigenvalue weighted by atomic mass is 32.1. The van der Waals surface area contributed by atoms with E-state index in [0.717, 1.165) is 11.4 Å². The van der Waals surface area contributed by atoms with Crippen LogP contribution < -0.4 is 10.1 Å². The molecule has 1 heterocycles. The van der Waals surface area contributed by atoms with Crippen LogP contribution in [0, 0.1) is 5.92 Å². The van der Waals surface area contributed by atoms with Crippen LogP contribution in [0.1, 0.15) is 54.5 Å². The first-order chi connectivity index (χ1) is 12.0. The van der Waals surface area contributed by atoms with E-state index in [9.17, 15) is 9.59 Å². The van der Waals surface area contributed by atoms with Gasteiger partial charge in [-0.2, -0.15) is 0 Å². The normalized spacial score (nSPS) is 12.0. The second kappa shape index (κ2) is 9.32. The van der Waals surface area contributed by atoms with Gasteiger partial charge in [0.25, 0.3) is 0 Å². The summed E-state index contributed by atoms with van der Waals surface area (Å²) >= 11 is 1.53. The van der Waals surface area contributed by atoms with Crippen LogP contribution in [-0.4, -0.2) is 23.8 Å². The molecule has 5 nitrogen and oxygen atoms in total. The van der Waals surface area contributed by atoms with E-state index in [2.05, 4.69) is 24.1 Å². The van der Waals surface area contributed by atoms with Crippen LogP contribution in [0.15, 0.2) is 35.8 Å². The Kier molecular flexibility index (Phi) is 7.13. The number of rotatable bonds is 9. The van der Waals surface area contributed by atoms with Gasteiger partial charge in [0.15, 0.2) is 5.78 Å². The topological polar surface area (TPSA) is 68.3 Å². The first-order valence-corrected chi connectivity index (χ1v) is 9.23. The van der Waals surface area contributed by atoms with E-state index < -0.39 is 0 Å². The summed E-state index contributed by atoms with van der Waals surface area (Å²) in [6.45, 7) is 4.22. The molecule has 0 spiro atoms. The summed E-state index contributed by atoms with van der Waals surface area (Å²) in [7, 11) is 1.56. The van der Waals surface area contributed by atoms with E-state index in [4.69, 9.17) is 4.74 Å². The van der Waals surface area contributed by atoms with E-state index in [0.29, 0.717) is 17.2 Å². The number of aromatic nitrogens is 1. The largest absolute Gasteiger partial charge is 0.497 e. The lowest BCUT2D eigenvalue weighted by Crippen LogP contribution is -2.29. The quantitative estimate of drug-likeness (QED) is 0.686. The predicted octanol–water partition coefficient (Wildman–Crippen LogP) is 4.02. The third kappa shape index (κ3) is 5.98. The monoisotopic (exact) mass is 360 g/mol. The minimum Gasteiger partial charge on any atom is -0.497 e. The van der Waals surface area contributed by atoms with E-state index in [-0.39, 0.29) is 30.6 Å². The van der Waals surface area contributed by atoms with Gasteiger partial charge in [-0.3, -0.25) is 9.59 Å². The number of ether oxygens (including phenoxy) is 1. The number of carbonyl (C=O) groups is 2. The summed E-state index contributed by atoms with van der Waals surface area (Å²) in [6, 6.07) is 6.89. The number of thiazole rings is 1. The maximum atomic E-state index is 12.3. The van der Waals surface area contributed by atoms with Gasteiger partial charge in [0, 0.05) is 30.0 Å². The molecule has 1 atom stereocenters. The molecular weight excluding hydrogens is 336 g/mol. The average Bonchev–Trinajstić information content (AvgIpc) is 3.13. The SMILES string of the molecule is COc1cccc(C(=O)CCC(=O)NC(CC(C)C)c2nccs2)c1. The van der Waals surface area contributed by atoms with Crippen LogP contribution in [-0.2, 0) is 4.79 Å². The number of hydrogen-bond donors (Lipinski definition) is 1. The molecule has 2 rings (SSSR count). The molecule has 1 aromatic heterocycles. The van der Waals surface area contributed by atoms with Crippen LogP contribution in [0.25, 0.3) is 0 Å². The van der Waals surface area contributed by atoms with Crippen molar-refractivity contribution in [2.24, 2.45) is 5.92 Å². The summed E-state index contributed by atoms with van der Waals surface area (Å²) in [6.07, 6.45) is 2.90. The van der Waals surface area contributed by atoms with Gasteiger partial charge in [0.2, 0.25) is 5.91 Å². The Morgan fingerprint density at radius 2 is 2.08 bits per heavy atom. The smallest absolute Gasteiger partial charge is 0.221 e. The zero-order valence-electron chi connectivity index (χ0n) is 14.8. The van der Waals surface area contributed by atoms with Gasteiger partial charge in [-0.15, -0.1) is 11.3 Å². The van der Waals surface area contributed by atoms with Gasteiger partial charge in [-0.1, -0.05) is 26.0 Å². The number of Topliss-reactive ketones (excluding diaryl/α,β-unsaturated/α-hetero) is 1. The van der Waals surface area contributed by atoms with Crippen molar-refractivity contribution >= 4 is 23.0 Å². The van der Waals surface area contributed by atoms with Gasteiger partial charge >= 0.3 is 0 Å². The maximum Gasteiger partial charge on any atom is 0.221 e. The van der Waals surface area contributed by atoms with Crippen molar-refractivity contribution in [2.45, 2.75) is 39.2 Å². The highest BCUT2D eigenvalue weighted by molar-refractivity contribution is 7.09. The molecule has 0 radical (unpaired) electrons. The summed E-state index contributed by atoms with van der Waals surface area (Å²) in [5, 5.41) is 5.82. The van der Waals surface area contributed by atoms with E-state index in [1.807, 2.05) is 5.38 Å². The third-order valence-electron chi connectivity index (χ3n) is 3.76. The second-order valence-electron chi connectivity index (χ2n) is 6.28. The lowest BCUT2D eigenvalue weighted by atomic mass is 10.0. The number of carbonyl (C=O) groups excluding carboxylic acids is 2. The van der Waals surface area contributed by atoms with E-state index in [1.165, 1.54) is 11.3 Å². The summed E-state index contributed by atoms with van der Waals surface area (Å²) in [5.41, 5.74) is 0.561. The molecule has 1 N–H and O–H groups in total. The molecule has 0 aliphatic carbocycles. The first kappa shape index (κ1) is 19.1. The van der Waals surface area contributed by atoms with Gasteiger partial charge in [-0.05, 0) is 24.5 Å². The maximum absolute atomic E-state index is 12.3. The van der Waals surface area contributed by atoms with Crippen LogP contribution in [0.3, 0.4) is 0 Å². The van der Waals surface area contributed by atoms with Crippen molar-refractivity contribution in [1.29, 1.82) is 0 Å².